The molecule has 1 amide bonds. The van der Waals surface area contributed by atoms with Gasteiger partial charge in [0.2, 0.25) is 0 Å². The van der Waals surface area contributed by atoms with Crippen molar-refractivity contribution in [1.82, 2.24) is 5.32 Å². The van der Waals surface area contributed by atoms with Crippen molar-refractivity contribution < 1.29 is 23.8 Å². The number of carbonyl (C=O) groups excluding carboxylic acids is 2. The summed E-state index contributed by atoms with van der Waals surface area (Å²) >= 11 is 1.39. The van der Waals surface area contributed by atoms with Gasteiger partial charge >= 0.3 is 5.97 Å². The van der Waals surface area contributed by atoms with Crippen LogP contribution in [0.15, 0.2) is 65.6 Å². The van der Waals surface area contributed by atoms with Crippen LogP contribution in [0.2, 0.25) is 0 Å². The summed E-state index contributed by atoms with van der Waals surface area (Å²) in [6.45, 7) is 1.26. The van der Waals surface area contributed by atoms with Crippen molar-refractivity contribution in [3.8, 4) is 11.5 Å². The number of rotatable bonds is 8. The summed E-state index contributed by atoms with van der Waals surface area (Å²) in [5, 5.41) is 5.04. The maximum absolute atomic E-state index is 12.0. The van der Waals surface area contributed by atoms with Gasteiger partial charge < -0.3 is 19.5 Å². The highest BCUT2D eigenvalue weighted by molar-refractivity contribution is 8.00. The van der Waals surface area contributed by atoms with Crippen molar-refractivity contribution in [2.24, 2.45) is 0 Å². The maximum Gasteiger partial charge on any atom is 0.316 e. The minimum Gasteiger partial charge on any atom is -0.486 e. The van der Waals surface area contributed by atoms with Gasteiger partial charge in [-0.2, -0.15) is 0 Å². The second-order valence-electron chi connectivity index (χ2n) is 7.04. The van der Waals surface area contributed by atoms with Gasteiger partial charge in [0.1, 0.15) is 13.2 Å². The Morgan fingerprint density at radius 3 is 2.61 bits per heavy atom. The molecule has 0 aromatic heterocycles. The summed E-state index contributed by atoms with van der Waals surface area (Å²) < 4.78 is 16.1. The normalized spacial score (nSPS) is 12.4. The summed E-state index contributed by atoms with van der Waals surface area (Å²) in [6, 6.07) is 19.8. The molecule has 0 bridgehead atoms. The molecule has 3 aromatic rings. The number of fused-ring (bicyclic) bond motifs is 2. The van der Waals surface area contributed by atoms with E-state index in [4.69, 9.17) is 14.2 Å². The van der Waals surface area contributed by atoms with Crippen LogP contribution in [-0.2, 0) is 20.7 Å². The molecular formula is C24H23NO5S. The zero-order valence-electron chi connectivity index (χ0n) is 17.0. The summed E-state index contributed by atoms with van der Waals surface area (Å²) in [6.07, 6.45) is 0.647. The summed E-state index contributed by atoms with van der Waals surface area (Å²) in [5.74, 6) is 0.894. The minimum absolute atomic E-state index is 0.156. The van der Waals surface area contributed by atoms with Crippen molar-refractivity contribution in [2.45, 2.75) is 11.3 Å². The molecule has 0 spiro atoms. The molecule has 1 aliphatic heterocycles. The average molecular weight is 438 g/mol. The molecular weight excluding hydrogens is 414 g/mol. The molecule has 1 aliphatic rings. The van der Waals surface area contributed by atoms with Gasteiger partial charge in [-0.1, -0.05) is 36.4 Å². The Kier molecular flexibility index (Phi) is 6.94. The quantitative estimate of drug-likeness (QED) is 0.429. The largest absolute Gasteiger partial charge is 0.486 e. The number of ether oxygens (including phenoxy) is 3. The third-order valence-corrected chi connectivity index (χ3v) is 5.75. The third kappa shape index (κ3) is 5.92. The Bertz CT molecular complexity index is 1080. The molecule has 4 rings (SSSR count). The predicted molar refractivity (Wildman–Crippen MR) is 120 cm³/mol. The maximum atomic E-state index is 12.0. The molecule has 0 atom stereocenters. The lowest BCUT2D eigenvalue weighted by molar-refractivity contribution is -0.145. The van der Waals surface area contributed by atoms with Crippen LogP contribution in [-0.4, -0.2) is 44.0 Å². The first-order valence-corrected chi connectivity index (χ1v) is 11.1. The van der Waals surface area contributed by atoms with Crippen LogP contribution in [0.1, 0.15) is 5.56 Å². The van der Waals surface area contributed by atoms with E-state index < -0.39 is 5.97 Å². The van der Waals surface area contributed by atoms with Crippen LogP contribution >= 0.6 is 11.8 Å². The van der Waals surface area contributed by atoms with E-state index in [1.807, 2.05) is 60.7 Å². The highest BCUT2D eigenvalue weighted by atomic mass is 32.2. The Morgan fingerprint density at radius 2 is 1.74 bits per heavy atom. The molecule has 7 heteroatoms. The fourth-order valence-electron chi connectivity index (χ4n) is 3.23. The Morgan fingerprint density at radius 1 is 0.935 bits per heavy atom. The van der Waals surface area contributed by atoms with Gasteiger partial charge in [0.25, 0.3) is 5.91 Å². The van der Waals surface area contributed by atoms with Gasteiger partial charge in [-0.15, -0.1) is 11.8 Å². The molecule has 0 saturated carbocycles. The Balaban J connectivity index is 1.15. The Labute approximate surface area is 184 Å². The second kappa shape index (κ2) is 10.2. The van der Waals surface area contributed by atoms with E-state index in [0.717, 1.165) is 32.7 Å². The van der Waals surface area contributed by atoms with E-state index in [1.54, 1.807) is 0 Å². The zero-order valence-corrected chi connectivity index (χ0v) is 17.8. The standard InChI is InChI=1S/C24H23NO5S/c26-23(25-10-9-17-5-8-21-22(13-17)29-12-11-28-21)15-30-24(27)16-31-20-7-6-18-3-1-2-4-19(18)14-20/h1-8,13-14H,9-12,15-16H2,(H,25,26). The smallest absolute Gasteiger partial charge is 0.316 e. The van der Waals surface area contributed by atoms with Crippen LogP contribution in [0.25, 0.3) is 10.8 Å². The minimum atomic E-state index is -0.417. The molecule has 31 heavy (non-hydrogen) atoms. The average Bonchev–Trinajstić information content (AvgIpc) is 2.81. The topological polar surface area (TPSA) is 73.9 Å². The number of thioether (sulfide) groups is 1. The molecule has 0 saturated heterocycles. The van der Waals surface area contributed by atoms with Gasteiger partial charge in [0, 0.05) is 11.4 Å². The van der Waals surface area contributed by atoms with Crippen LogP contribution in [0.5, 0.6) is 11.5 Å². The molecule has 6 nitrogen and oxygen atoms in total. The highest BCUT2D eigenvalue weighted by Gasteiger charge is 2.12. The first kappa shape index (κ1) is 21.1. The van der Waals surface area contributed by atoms with Crippen LogP contribution in [0.3, 0.4) is 0 Å². The predicted octanol–water partition coefficient (Wildman–Crippen LogP) is 3.61. The molecule has 0 aliphatic carbocycles. The van der Waals surface area contributed by atoms with Gasteiger partial charge in [-0.25, -0.2) is 0 Å². The zero-order chi connectivity index (χ0) is 21.5. The van der Waals surface area contributed by atoms with Crippen molar-refractivity contribution in [2.75, 3.05) is 32.1 Å². The highest BCUT2D eigenvalue weighted by Crippen LogP contribution is 2.30. The van der Waals surface area contributed by atoms with E-state index >= 15 is 0 Å². The lowest BCUT2D eigenvalue weighted by Crippen LogP contribution is -2.30. The van der Waals surface area contributed by atoms with Crippen molar-refractivity contribution in [3.63, 3.8) is 0 Å². The van der Waals surface area contributed by atoms with Crippen LogP contribution < -0.4 is 14.8 Å². The lowest BCUT2D eigenvalue weighted by atomic mass is 10.1. The molecule has 1 N–H and O–H groups in total. The molecule has 1 heterocycles. The third-order valence-electron chi connectivity index (χ3n) is 4.78. The first-order valence-electron chi connectivity index (χ1n) is 10.1. The fourth-order valence-corrected chi connectivity index (χ4v) is 3.97. The van der Waals surface area contributed by atoms with E-state index in [0.29, 0.717) is 26.2 Å². The molecule has 0 radical (unpaired) electrons. The summed E-state index contributed by atoms with van der Waals surface area (Å²) in [4.78, 5) is 24.9. The lowest BCUT2D eigenvalue weighted by Gasteiger charge is -2.18. The summed E-state index contributed by atoms with van der Waals surface area (Å²) in [7, 11) is 0. The first-order chi connectivity index (χ1) is 15.2. The van der Waals surface area contributed by atoms with E-state index in [1.165, 1.54) is 11.8 Å². The van der Waals surface area contributed by atoms with E-state index in [-0.39, 0.29) is 18.3 Å². The Hall–Kier alpha value is -3.19. The van der Waals surface area contributed by atoms with Gasteiger partial charge in [0.15, 0.2) is 18.1 Å². The number of carbonyl (C=O) groups is 2. The second-order valence-corrected chi connectivity index (χ2v) is 8.09. The monoisotopic (exact) mass is 437 g/mol. The number of hydrogen-bond acceptors (Lipinski definition) is 6. The fraction of sp³-hybridized carbons (Fsp3) is 0.250. The molecule has 0 fully saturated rings. The molecule has 160 valence electrons. The van der Waals surface area contributed by atoms with Gasteiger partial charge in [-0.05, 0) is 47.0 Å². The number of esters is 1. The number of hydrogen-bond donors (Lipinski definition) is 1. The number of amides is 1. The molecule has 3 aromatic carbocycles. The van der Waals surface area contributed by atoms with Gasteiger partial charge in [-0.3, -0.25) is 9.59 Å². The van der Waals surface area contributed by atoms with E-state index in [2.05, 4.69) is 5.32 Å². The number of nitrogens with one attached hydrogen (secondary N) is 1. The van der Waals surface area contributed by atoms with E-state index in [9.17, 15) is 9.59 Å². The van der Waals surface area contributed by atoms with Crippen LogP contribution in [0.4, 0.5) is 0 Å². The summed E-state index contributed by atoms with van der Waals surface area (Å²) in [5.41, 5.74) is 1.04. The molecule has 0 unspecified atom stereocenters. The SMILES string of the molecule is O=C(COC(=O)CSc1ccc2ccccc2c1)NCCc1ccc2c(c1)OCCO2. The number of benzene rings is 3. The van der Waals surface area contributed by atoms with Crippen LogP contribution in [0, 0.1) is 0 Å². The van der Waals surface area contributed by atoms with Crippen molar-refractivity contribution >= 4 is 34.4 Å². The van der Waals surface area contributed by atoms with Crippen molar-refractivity contribution in [3.05, 3.63) is 66.2 Å². The van der Waals surface area contributed by atoms with Crippen molar-refractivity contribution in [1.29, 1.82) is 0 Å². The van der Waals surface area contributed by atoms with Gasteiger partial charge in [0.05, 0.1) is 5.75 Å².